The molecule has 3 nitrogen and oxygen atoms in total. The summed E-state index contributed by atoms with van der Waals surface area (Å²) in [6.45, 7) is 6.48. The van der Waals surface area contributed by atoms with E-state index in [4.69, 9.17) is 9.47 Å². The van der Waals surface area contributed by atoms with Crippen molar-refractivity contribution in [3.8, 4) is 5.75 Å². The molecule has 16 heavy (non-hydrogen) atoms. The highest BCUT2D eigenvalue weighted by atomic mass is 79.9. The molecule has 0 N–H and O–H groups in total. The molecule has 0 saturated carbocycles. The smallest absolute Gasteiger partial charge is 0.338 e. The molecular weight excluding hydrogens is 272 g/mol. The van der Waals surface area contributed by atoms with Crippen LogP contribution in [0.3, 0.4) is 0 Å². The number of hydrogen-bond acceptors (Lipinski definition) is 3. The van der Waals surface area contributed by atoms with Gasteiger partial charge in [0, 0.05) is 5.56 Å². The standard InChI is InChI=1S/C12H15BrO3/c1-4-15-11-8(3)9(6-7-10(11)13)12(14)16-5-2/h6-7H,4-5H2,1-3H3. The zero-order valence-corrected chi connectivity index (χ0v) is 11.3. The lowest BCUT2D eigenvalue weighted by atomic mass is 10.1. The third kappa shape index (κ3) is 2.76. The Hall–Kier alpha value is -1.03. The van der Waals surface area contributed by atoms with Crippen LogP contribution in [0.2, 0.25) is 0 Å². The molecular formula is C12H15BrO3. The summed E-state index contributed by atoms with van der Waals surface area (Å²) in [5.74, 6) is 0.390. The first-order valence-corrected chi connectivity index (χ1v) is 6.00. The molecule has 4 heteroatoms. The highest BCUT2D eigenvalue weighted by Gasteiger charge is 2.15. The Morgan fingerprint density at radius 3 is 2.56 bits per heavy atom. The minimum Gasteiger partial charge on any atom is -0.492 e. The van der Waals surface area contributed by atoms with Gasteiger partial charge in [-0.1, -0.05) is 0 Å². The van der Waals surface area contributed by atoms with E-state index in [1.807, 2.05) is 13.8 Å². The van der Waals surface area contributed by atoms with Crippen molar-refractivity contribution in [3.63, 3.8) is 0 Å². The summed E-state index contributed by atoms with van der Waals surface area (Å²) < 4.78 is 11.3. The van der Waals surface area contributed by atoms with Crippen molar-refractivity contribution in [3.05, 3.63) is 27.7 Å². The maximum absolute atomic E-state index is 11.6. The summed E-state index contributed by atoms with van der Waals surface area (Å²) in [6, 6.07) is 3.53. The van der Waals surface area contributed by atoms with E-state index in [9.17, 15) is 4.79 Å². The van der Waals surface area contributed by atoms with E-state index < -0.39 is 0 Å². The minimum atomic E-state index is -0.312. The average Bonchev–Trinajstić information content (AvgIpc) is 2.24. The number of benzene rings is 1. The Morgan fingerprint density at radius 2 is 2.00 bits per heavy atom. The quantitative estimate of drug-likeness (QED) is 0.797. The Kier molecular flexibility index (Phi) is 4.80. The normalized spacial score (nSPS) is 10.0. The number of hydrogen-bond donors (Lipinski definition) is 0. The van der Waals surface area contributed by atoms with E-state index in [-0.39, 0.29) is 5.97 Å². The van der Waals surface area contributed by atoms with Crippen LogP contribution in [0.15, 0.2) is 16.6 Å². The summed E-state index contributed by atoms with van der Waals surface area (Å²) >= 11 is 3.39. The number of halogens is 1. The van der Waals surface area contributed by atoms with Crippen LogP contribution >= 0.6 is 15.9 Å². The van der Waals surface area contributed by atoms with Gasteiger partial charge in [-0.25, -0.2) is 4.79 Å². The monoisotopic (exact) mass is 286 g/mol. The molecule has 0 aliphatic rings. The predicted octanol–water partition coefficient (Wildman–Crippen LogP) is 3.33. The zero-order chi connectivity index (χ0) is 12.1. The van der Waals surface area contributed by atoms with Gasteiger partial charge in [-0.2, -0.15) is 0 Å². The van der Waals surface area contributed by atoms with E-state index in [0.29, 0.717) is 24.5 Å². The summed E-state index contributed by atoms with van der Waals surface area (Å²) in [4.78, 5) is 11.6. The molecule has 0 radical (unpaired) electrons. The van der Waals surface area contributed by atoms with Crippen LogP contribution in [0.25, 0.3) is 0 Å². The van der Waals surface area contributed by atoms with Crippen molar-refractivity contribution in [1.82, 2.24) is 0 Å². The molecule has 0 spiro atoms. The largest absolute Gasteiger partial charge is 0.492 e. The average molecular weight is 287 g/mol. The molecule has 1 aromatic carbocycles. The third-order valence-electron chi connectivity index (χ3n) is 2.14. The van der Waals surface area contributed by atoms with Gasteiger partial charge in [0.15, 0.2) is 0 Å². The minimum absolute atomic E-state index is 0.312. The lowest BCUT2D eigenvalue weighted by molar-refractivity contribution is 0.0525. The Morgan fingerprint density at radius 1 is 1.31 bits per heavy atom. The van der Waals surface area contributed by atoms with Gasteiger partial charge < -0.3 is 9.47 Å². The first-order valence-electron chi connectivity index (χ1n) is 5.20. The molecule has 0 unspecified atom stereocenters. The van der Waals surface area contributed by atoms with Crippen LogP contribution in [0, 0.1) is 6.92 Å². The molecule has 0 aliphatic carbocycles. The van der Waals surface area contributed by atoms with Gasteiger partial charge >= 0.3 is 5.97 Å². The topological polar surface area (TPSA) is 35.5 Å². The van der Waals surface area contributed by atoms with Crippen molar-refractivity contribution in [2.45, 2.75) is 20.8 Å². The summed E-state index contributed by atoms with van der Waals surface area (Å²) in [5, 5.41) is 0. The number of rotatable bonds is 4. The van der Waals surface area contributed by atoms with Gasteiger partial charge in [-0.05, 0) is 48.8 Å². The fraction of sp³-hybridized carbons (Fsp3) is 0.417. The first-order chi connectivity index (χ1) is 7.61. The van der Waals surface area contributed by atoms with E-state index >= 15 is 0 Å². The van der Waals surface area contributed by atoms with Crippen molar-refractivity contribution in [2.75, 3.05) is 13.2 Å². The molecule has 88 valence electrons. The molecule has 0 aromatic heterocycles. The number of carbonyl (C=O) groups excluding carboxylic acids is 1. The number of carbonyl (C=O) groups is 1. The fourth-order valence-corrected chi connectivity index (χ4v) is 1.95. The van der Waals surface area contributed by atoms with Crippen molar-refractivity contribution >= 4 is 21.9 Å². The maximum atomic E-state index is 11.6. The molecule has 0 fully saturated rings. The van der Waals surface area contributed by atoms with Crippen LogP contribution in [0.1, 0.15) is 29.8 Å². The number of esters is 1. The second-order valence-electron chi connectivity index (χ2n) is 3.20. The molecule has 0 bridgehead atoms. The highest BCUT2D eigenvalue weighted by molar-refractivity contribution is 9.10. The molecule has 0 aliphatic heterocycles. The molecule has 1 aromatic rings. The van der Waals surface area contributed by atoms with Gasteiger partial charge in [-0.15, -0.1) is 0 Å². The van der Waals surface area contributed by atoms with Crippen molar-refractivity contribution in [1.29, 1.82) is 0 Å². The van der Waals surface area contributed by atoms with E-state index in [0.717, 1.165) is 10.0 Å². The summed E-state index contributed by atoms with van der Waals surface area (Å²) in [7, 11) is 0. The second kappa shape index (κ2) is 5.89. The molecule has 0 atom stereocenters. The maximum Gasteiger partial charge on any atom is 0.338 e. The van der Waals surface area contributed by atoms with Gasteiger partial charge in [-0.3, -0.25) is 0 Å². The number of ether oxygens (including phenoxy) is 2. The second-order valence-corrected chi connectivity index (χ2v) is 4.06. The lowest BCUT2D eigenvalue weighted by Gasteiger charge is -2.12. The van der Waals surface area contributed by atoms with Crippen LogP contribution in [0.5, 0.6) is 5.75 Å². The van der Waals surface area contributed by atoms with E-state index in [2.05, 4.69) is 15.9 Å². The Bertz CT molecular complexity index is 388. The van der Waals surface area contributed by atoms with E-state index in [1.165, 1.54) is 0 Å². The first kappa shape index (κ1) is 13.0. The van der Waals surface area contributed by atoms with Crippen LogP contribution in [0.4, 0.5) is 0 Å². The summed E-state index contributed by atoms with van der Waals surface area (Å²) in [5.41, 5.74) is 1.35. The van der Waals surface area contributed by atoms with Gasteiger partial charge in [0.2, 0.25) is 0 Å². The van der Waals surface area contributed by atoms with Crippen molar-refractivity contribution in [2.24, 2.45) is 0 Å². The summed E-state index contributed by atoms with van der Waals surface area (Å²) in [6.07, 6.45) is 0. The molecule has 0 amide bonds. The molecule has 0 saturated heterocycles. The lowest BCUT2D eigenvalue weighted by Crippen LogP contribution is -2.08. The Labute approximate surface area is 104 Å². The van der Waals surface area contributed by atoms with Crippen LogP contribution in [-0.2, 0) is 4.74 Å². The zero-order valence-electron chi connectivity index (χ0n) is 9.67. The van der Waals surface area contributed by atoms with Crippen LogP contribution < -0.4 is 4.74 Å². The SMILES string of the molecule is CCOC(=O)c1ccc(Br)c(OCC)c1C. The Balaban J connectivity index is 3.12. The van der Waals surface area contributed by atoms with E-state index in [1.54, 1.807) is 19.1 Å². The van der Waals surface area contributed by atoms with Gasteiger partial charge in [0.05, 0.1) is 23.2 Å². The predicted molar refractivity (Wildman–Crippen MR) is 66.0 cm³/mol. The highest BCUT2D eigenvalue weighted by Crippen LogP contribution is 2.31. The van der Waals surface area contributed by atoms with Crippen LogP contribution in [-0.4, -0.2) is 19.2 Å². The third-order valence-corrected chi connectivity index (χ3v) is 2.77. The molecule has 0 heterocycles. The van der Waals surface area contributed by atoms with Gasteiger partial charge in [0.25, 0.3) is 0 Å². The fourth-order valence-electron chi connectivity index (χ4n) is 1.41. The van der Waals surface area contributed by atoms with Gasteiger partial charge in [0.1, 0.15) is 5.75 Å². The molecule has 1 rings (SSSR count). The van der Waals surface area contributed by atoms with Crippen molar-refractivity contribution < 1.29 is 14.3 Å².